The largest absolute Gasteiger partial charge is 0.481 e. The van der Waals surface area contributed by atoms with E-state index in [-0.39, 0.29) is 26.4 Å². The van der Waals surface area contributed by atoms with Crippen LogP contribution in [0.15, 0.2) is 0 Å². The van der Waals surface area contributed by atoms with Crippen LogP contribution in [0.4, 0.5) is 0 Å². The Kier molecular flexibility index (Phi) is 28.6. The first kappa shape index (κ1) is 29.2. The zero-order chi connectivity index (χ0) is 19.4. The molecule has 0 saturated heterocycles. The zero-order valence-corrected chi connectivity index (χ0v) is 13.2. The van der Waals surface area contributed by atoms with Crippen molar-refractivity contribution in [1.82, 2.24) is 0 Å². The molecule has 0 fully saturated rings. The Bertz CT molecular complexity index is 269. The maximum absolute atomic E-state index is 10.0. The molecule has 11 heteroatoms. The summed E-state index contributed by atoms with van der Waals surface area (Å²) in [5.74, 6) is -2.12. The van der Waals surface area contributed by atoms with E-state index in [1.165, 1.54) is 6.92 Å². The van der Waals surface area contributed by atoms with E-state index in [9.17, 15) is 4.79 Å². The summed E-state index contributed by atoms with van der Waals surface area (Å²) in [6.45, 7) is 2.16. The number of carbonyl (C=O) groups excluding carboxylic acids is 1. The van der Waals surface area contributed by atoms with Crippen molar-refractivity contribution >= 4 is 17.9 Å². The summed E-state index contributed by atoms with van der Waals surface area (Å²) < 4.78 is 4.35. The monoisotopic (exact) mass is 346 g/mol. The van der Waals surface area contributed by atoms with Crippen LogP contribution in [-0.4, -0.2) is 92.3 Å². The minimum Gasteiger partial charge on any atom is -0.481 e. The predicted octanol–water partition coefficient (Wildman–Crippen LogP) is -2.58. The van der Waals surface area contributed by atoms with E-state index >= 15 is 0 Å². The Morgan fingerprint density at radius 3 is 1.17 bits per heavy atom. The Morgan fingerprint density at radius 1 is 0.783 bits per heavy atom. The SMILES string of the molecule is CC(=O)O.CC(=O)O.CC(=O)OCC(O)CO.OCC(O)CO. The van der Waals surface area contributed by atoms with Gasteiger partial charge in [0.1, 0.15) is 18.8 Å². The van der Waals surface area contributed by atoms with Crippen LogP contribution in [-0.2, 0) is 19.1 Å². The van der Waals surface area contributed by atoms with Crippen LogP contribution < -0.4 is 0 Å². The number of hydrogen-bond donors (Lipinski definition) is 7. The van der Waals surface area contributed by atoms with Gasteiger partial charge < -0.3 is 40.5 Å². The van der Waals surface area contributed by atoms with E-state index in [1.807, 2.05) is 0 Å². The zero-order valence-electron chi connectivity index (χ0n) is 13.2. The Morgan fingerprint density at radius 2 is 1.04 bits per heavy atom. The van der Waals surface area contributed by atoms with Crippen LogP contribution in [0.2, 0.25) is 0 Å². The van der Waals surface area contributed by atoms with Crippen molar-refractivity contribution in [2.45, 2.75) is 33.0 Å². The van der Waals surface area contributed by atoms with Gasteiger partial charge in [0, 0.05) is 20.8 Å². The van der Waals surface area contributed by atoms with E-state index in [4.69, 9.17) is 45.3 Å². The second-order valence-electron chi connectivity index (χ2n) is 3.70. The number of carboxylic acid groups (broad SMARTS) is 2. The topological polar surface area (TPSA) is 202 Å². The Hall–Kier alpha value is -1.79. The summed E-state index contributed by atoms with van der Waals surface area (Å²) in [5, 5.41) is 55.6. The highest BCUT2D eigenvalue weighted by Crippen LogP contribution is 1.83. The summed E-state index contributed by atoms with van der Waals surface area (Å²) in [7, 11) is 0. The average molecular weight is 346 g/mol. The standard InChI is InChI=1S/C5H10O4.C3H8O3.2C2H4O2/c1-4(7)9-3-5(8)2-6;4-1-3(6)2-5;2*1-2(3)4/h5-6,8H,2-3H2,1H3;3-6H,1-2H2;2*1H3,(H,3,4). The summed E-state index contributed by atoms with van der Waals surface area (Å²) in [5.41, 5.74) is 0. The fraction of sp³-hybridized carbons (Fsp3) is 0.750. The highest BCUT2D eigenvalue weighted by molar-refractivity contribution is 5.65. The number of rotatable bonds is 5. The highest BCUT2D eigenvalue weighted by atomic mass is 16.5. The van der Waals surface area contributed by atoms with Crippen molar-refractivity contribution in [1.29, 1.82) is 0 Å². The van der Waals surface area contributed by atoms with Gasteiger partial charge in [0.2, 0.25) is 0 Å². The number of aliphatic hydroxyl groups excluding tert-OH is 5. The van der Waals surface area contributed by atoms with Gasteiger partial charge in [-0.2, -0.15) is 0 Å². The van der Waals surface area contributed by atoms with Crippen molar-refractivity contribution in [3.05, 3.63) is 0 Å². The first-order chi connectivity index (χ1) is 10.4. The van der Waals surface area contributed by atoms with Crippen LogP contribution >= 0.6 is 0 Å². The lowest BCUT2D eigenvalue weighted by Gasteiger charge is -2.05. The van der Waals surface area contributed by atoms with Crippen LogP contribution in [0.5, 0.6) is 0 Å². The predicted molar refractivity (Wildman–Crippen MR) is 76.5 cm³/mol. The van der Waals surface area contributed by atoms with Crippen molar-refractivity contribution in [2.24, 2.45) is 0 Å². The molecule has 0 saturated carbocycles. The fourth-order valence-corrected chi connectivity index (χ4v) is 0.324. The molecule has 0 aromatic carbocycles. The maximum Gasteiger partial charge on any atom is 0.302 e. The molecule has 0 aliphatic rings. The maximum atomic E-state index is 10.0. The molecule has 0 heterocycles. The molecule has 7 N–H and O–H groups in total. The summed E-state index contributed by atoms with van der Waals surface area (Å²) >= 11 is 0. The van der Waals surface area contributed by atoms with Gasteiger partial charge in [0.05, 0.1) is 19.8 Å². The summed E-state index contributed by atoms with van der Waals surface area (Å²) in [4.78, 5) is 28.0. The highest BCUT2D eigenvalue weighted by Gasteiger charge is 2.02. The van der Waals surface area contributed by atoms with Crippen molar-refractivity contribution in [3.8, 4) is 0 Å². The average Bonchev–Trinajstić information content (AvgIpc) is 2.43. The molecule has 0 aromatic heterocycles. The molecule has 23 heavy (non-hydrogen) atoms. The second kappa shape index (κ2) is 22.5. The molecule has 0 amide bonds. The molecule has 11 nitrogen and oxygen atoms in total. The van der Waals surface area contributed by atoms with Gasteiger partial charge in [-0.1, -0.05) is 0 Å². The fourth-order valence-electron chi connectivity index (χ4n) is 0.324. The Labute approximate surface area is 133 Å². The van der Waals surface area contributed by atoms with Crippen LogP contribution in [0.25, 0.3) is 0 Å². The van der Waals surface area contributed by atoms with E-state index in [0.29, 0.717) is 0 Å². The van der Waals surface area contributed by atoms with Gasteiger partial charge in [-0.15, -0.1) is 0 Å². The lowest BCUT2D eigenvalue weighted by molar-refractivity contribution is -0.144. The Balaban J connectivity index is -0.000000112. The van der Waals surface area contributed by atoms with E-state index in [0.717, 1.165) is 13.8 Å². The number of esters is 1. The third-order valence-electron chi connectivity index (χ3n) is 1.11. The van der Waals surface area contributed by atoms with Gasteiger partial charge in [0.25, 0.3) is 11.9 Å². The summed E-state index contributed by atoms with van der Waals surface area (Å²) in [6, 6.07) is 0. The molecule has 140 valence electrons. The third-order valence-corrected chi connectivity index (χ3v) is 1.11. The normalized spacial score (nSPS) is 9.78. The minimum atomic E-state index is -0.954. The minimum absolute atomic E-state index is 0.133. The number of aliphatic hydroxyl groups is 5. The number of carbonyl (C=O) groups is 3. The van der Waals surface area contributed by atoms with Crippen molar-refractivity contribution < 1.29 is 54.9 Å². The molecule has 0 spiro atoms. The molecule has 0 rings (SSSR count). The van der Waals surface area contributed by atoms with Gasteiger partial charge in [-0.3, -0.25) is 14.4 Å². The quantitative estimate of drug-likeness (QED) is 0.257. The number of ether oxygens (including phenoxy) is 1. The van der Waals surface area contributed by atoms with E-state index in [1.54, 1.807) is 0 Å². The van der Waals surface area contributed by atoms with Gasteiger partial charge >= 0.3 is 5.97 Å². The first-order valence-electron chi connectivity index (χ1n) is 6.15. The summed E-state index contributed by atoms with van der Waals surface area (Å²) in [6.07, 6.45) is -1.90. The molecule has 0 bridgehead atoms. The first-order valence-corrected chi connectivity index (χ1v) is 6.15. The molecule has 0 aliphatic carbocycles. The molecule has 1 unspecified atom stereocenters. The third kappa shape index (κ3) is 79.0. The molecule has 0 radical (unpaired) electrons. The van der Waals surface area contributed by atoms with Crippen LogP contribution in [0, 0.1) is 0 Å². The van der Waals surface area contributed by atoms with Crippen LogP contribution in [0.3, 0.4) is 0 Å². The van der Waals surface area contributed by atoms with Crippen LogP contribution in [0.1, 0.15) is 20.8 Å². The van der Waals surface area contributed by atoms with E-state index in [2.05, 4.69) is 4.74 Å². The smallest absolute Gasteiger partial charge is 0.302 e. The molecule has 1 atom stereocenters. The van der Waals surface area contributed by atoms with Gasteiger partial charge in [-0.05, 0) is 0 Å². The molecular weight excluding hydrogens is 320 g/mol. The molecular formula is C12H26O11. The lowest BCUT2D eigenvalue weighted by Crippen LogP contribution is -2.20. The lowest BCUT2D eigenvalue weighted by atomic mass is 10.4. The number of aliphatic carboxylic acids is 2. The number of hydrogen-bond acceptors (Lipinski definition) is 9. The molecule has 0 aliphatic heterocycles. The second-order valence-corrected chi connectivity index (χ2v) is 3.70. The number of carboxylic acids is 2. The molecule has 0 aromatic rings. The van der Waals surface area contributed by atoms with Crippen molar-refractivity contribution in [3.63, 3.8) is 0 Å². The van der Waals surface area contributed by atoms with Crippen molar-refractivity contribution in [2.75, 3.05) is 26.4 Å². The van der Waals surface area contributed by atoms with E-state index < -0.39 is 30.1 Å². The van der Waals surface area contributed by atoms with Gasteiger partial charge in [-0.25, -0.2) is 0 Å². The van der Waals surface area contributed by atoms with Gasteiger partial charge in [0.15, 0.2) is 0 Å².